The SMILES string of the molecule is CC[C@H]1O[C@@H](OC)[C@H](N=[N+]=[N-])[C@@H]1C. The third-order valence-corrected chi connectivity index (χ3v) is 2.53. The molecule has 0 spiro atoms. The fourth-order valence-electron chi connectivity index (χ4n) is 1.73. The van der Waals surface area contributed by atoms with Gasteiger partial charge < -0.3 is 9.47 Å². The molecular weight excluding hydrogens is 170 g/mol. The molecule has 4 atom stereocenters. The lowest BCUT2D eigenvalue weighted by molar-refractivity contribution is -0.120. The highest BCUT2D eigenvalue weighted by atomic mass is 16.7. The van der Waals surface area contributed by atoms with Gasteiger partial charge in [0.05, 0.1) is 12.1 Å². The fraction of sp³-hybridized carbons (Fsp3) is 1.00. The van der Waals surface area contributed by atoms with Gasteiger partial charge in [-0.05, 0) is 17.9 Å². The average Bonchev–Trinajstić information content (AvgIpc) is 2.45. The zero-order valence-electron chi connectivity index (χ0n) is 8.17. The van der Waals surface area contributed by atoms with E-state index in [9.17, 15) is 0 Å². The summed E-state index contributed by atoms with van der Waals surface area (Å²) in [5.41, 5.74) is 8.36. The van der Waals surface area contributed by atoms with Crippen LogP contribution in [0.1, 0.15) is 20.3 Å². The van der Waals surface area contributed by atoms with Crippen molar-refractivity contribution in [2.75, 3.05) is 7.11 Å². The summed E-state index contributed by atoms with van der Waals surface area (Å²) in [6.07, 6.45) is 0.676. The number of rotatable bonds is 3. The highest BCUT2D eigenvalue weighted by molar-refractivity contribution is 4.88. The maximum Gasteiger partial charge on any atom is 0.166 e. The summed E-state index contributed by atoms with van der Waals surface area (Å²) in [6.45, 7) is 4.07. The minimum absolute atomic E-state index is 0.139. The Kier molecular flexibility index (Phi) is 3.54. The second-order valence-electron chi connectivity index (χ2n) is 3.24. The molecule has 0 N–H and O–H groups in total. The standard InChI is InChI=1S/C8H15N3O2/c1-4-6-5(2)7(10-11-9)8(12-3)13-6/h5-8H,4H2,1-3H3/t5-,6-,7-,8-/m1/s1. The highest BCUT2D eigenvalue weighted by Gasteiger charge is 2.40. The molecule has 0 aromatic heterocycles. The molecule has 0 bridgehead atoms. The van der Waals surface area contributed by atoms with Crippen LogP contribution in [0.15, 0.2) is 5.11 Å². The number of nitrogens with zero attached hydrogens (tertiary/aromatic N) is 3. The topological polar surface area (TPSA) is 67.2 Å². The van der Waals surface area contributed by atoms with E-state index in [1.807, 2.05) is 13.8 Å². The number of hydrogen-bond acceptors (Lipinski definition) is 3. The van der Waals surface area contributed by atoms with E-state index in [1.54, 1.807) is 7.11 Å². The number of hydrogen-bond donors (Lipinski definition) is 0. The Morgan fingerprint density at radius 3 is 2.77 bits per heavy atom. The molecule has 1 aliphatic heterocycles. The van der Waals surface area contributed by atoms with Crippen LogP contribution in [0, 0.1) is 5.92 Å². The lowest BCUT2D eigenvalue weighted by Gasteiger charge is -2.13. The molecule has 0 aliphatic carbocycles. The van der Waals surface area contributed by atoms with Crippen LogP contribution in [0.4, 0.5) is 0 Å². The van der Waals surface area contributed by atoms with Crippen LogP contribution in [0.25, 0.3) is 10.4 Å². The largest absolute Gasteiger partial charge is 0.355 e. The molecule has 13 heavy (non-hydrogen) atoms. The van der Waals surface area contributed by atoms with Crippen molar-refractivity contribution in [2.45, 2.75) is 38.7 Å². The van der Waals surface area contributed by atoms with Crippen LogP contribution in [-0.2, 0) is 9.47 Å². The van der Waals surface area contributed by atoms with Crippen molar-refractivity contribution in [3.63, 3.8) is 0 Å². The first kappa shape index (κ1) is 10.3. The molecule has 0 saturated carbocycles. The van der Waals surface area contributed by atoms with Crippen molar-refractivity contribution in [3.05, 3.63) is 10.4 Å². The molecule has 1 heterocycles. The summed E-state index contributed by atoms with van der Waals surface area (Å²) >= 11 is 0. The Balaban J connectivity index is 2.73. The molecule has 5 heteroatoms. The van der Waals surface area contributed by atoms with Gasteiger partial charge in [-0.3, -0.25) is 0 Å². The Morgan fingerprint density at radius 1 is 1.62 bits per heavy atom. The van der Waals surface area contributed by atoms with E-state index in [0.717, 1.165) is 6.42 Å². The first-order valence-corrected chi connectivity index (χ1v) is 4.47. The molecule has 74 valence electrons. The summed E-state index contributed by atoms with van der Waals surface area (Å²) in [7, 11) is 1.56. The summed E-state index contributed by atoms with van der Waals surface area (Å²) in [5.74, 6) is 0.228. The molecule has 1 saturated heterocycles. The molecule has 5 nitrogen and oxygen atoms in total. The third kappa shape index (κ3) is 1.94. The number of ether oxygens (including phenoxy) is 2. The molecule has 0 aromatic rings. The highest BCUT2D eigenvalue weighted by Crippen LogP contribution is 2.31. The molecule has 0 radical (unpaired) electrons. The van der Waals surface area contributed by atoms with Crippen molar-refractivity contribution < 1.29 is 9.47 Å². The van der Waals surface area contributed by atoms with Gasteiger partial charge in [0.15, 0.2) is 6.29 Å². The second-order valence-corrected chi connectivity index (χ2v) is 3.24. The van der Waals surface area contributed by atoms with E-state index in [0.29, 0.717) is 0 Å². The molecular formula is C8H15N3O2. The number of azide groups is 1. The zero-order valence-corrected chi connectivity index (χ0v) is 8.17. The van der Waals surface area contributed by atoms with Gasteiger partial charge in [0.25, 0.3) is 0 Å². The van der Waals surface area contributed by atoms with Gasteiger partial charge in [-0.15, -0.1) is 0 Å². The number of methoxy groups -OCH3 is 1. The van der Waals surface area contributed by atoms with Crippen molar-refractivity contribution in [1.82, 2.24) is 0 Å². The fourth-order valence-corrected chi connectivity index (χ4v) is 1.73. The summed E-state index contributed by atoms with van der Waals surface area (Å²) < 4.78 is 10.6. The van der Waals surface area contributed by atoms with E-state index >= 15 is 0 Å². The van der Waals surface area contributed by atoms with Crippen molar-refractivity contribution in [2.24, 2.45) is 11.0 Å². The Bertz CT molecular complexity index is 213. The molecule has 0 unspecified atom stereocenters. The minimum atomic E-state index is -0.379. The molecule has 1 rings (SSSR count). The maximum atomic E-state index is 8.36. The Hall–Kier alpha value is -0.770. The van der Waals surface area contributed by atoms with Gasteiger partial charge in [0.1, 0.15) is 0 Å². The predicted molar refractivity (Wildman–Crippen MR) is 48.1 cm³/mol. The van der Waals surface area contributed by atoms with Crippen LogP contribution in [0.5, 0.6) is 0 Å². The van der Waals surface area contributed by atoms with Crippen LogP contribution in [-0.4, -0.2) is 25.5 Å². The normalized spacial score (nSPS) is 38.7. The second kappa shape index (κ2) is 4.46. The zero-order chi connectivity index (χ0) is 9.84. The van der Waals surface area contributed by atoms with Gasteiger partial charge in [0, 0.05) is 12.0 Å². The Labute approximate surface area is 77.6 Å². The molecule has 1 fully saturated rings. The van der Waals surface area contributed by atoms with Crippen molar-refractivity contribution >= 4 is 0 Å². The summed E-state index contributed by atoms with van der Waals surface area (Å²) in [4.78, 5) is 2.80. The molecule has 1 aliphatic rings. The van der Waals surface area contributed by atoms with Gasteiger partial charge in [-0.1, -0.05) is 19.0 Å². The smallest absolute Gasteiger partial charge is 0.166 e. The lowest BCUT2D eigenvalue weighted by Crippen LogP contribution is -2.24. The van der Waals surface area contributed by atoms with Crippen LogP contribution >= 0.6 is 0 Å². The molecule has 0 aromatic carbocycles. The van der Waals surface area contributed by atoms with Crippen LogP contribution in [0.2, 0.25) is 0 Å². The van der Waals surface area contributed by atoms with E-state index in [1.165, 1.54) is 0 Å². The minimum Gasteiger partial charge on any atom is -0.355 e. The molecule has 0 amide bonds. The van der Waals surface area contributed by atoms with E-state index in [2.05, 4.69) is 10.0 Å². The summed E-state index contributed by atoms with van der Waals surface area (Å²) in [6, 6.07) is -0.194. The summed E-state index contributed by atoms with van der Waals surface area (Å²) in [5, 5.41) is 3.69. The maximum absolute atomic E-state index is 8.36. The van der Waals surface area contributed by atoms with Gasteiger partial charge in [0.2, 0.25) is 0 Å². The van der Waals surface area contributed by atoms with Crippen molar-refractivity contribution in [1.29, 1.82) is 0 Å². The lowest BCUT2D eigenvalue weighted by atomic mass is 9.98. The quantitative estimate of drug-likeness (QED) is 0.384. The van der Waals surface area contributed by atoms with E-state index in [4.69, 9.17) is 15.0 Å². The van der Waals surface area contributed by atoms with Gasteiger partial charge >= 0.3 is 0 Å². The predicted octanol–water partition coefficient (Wildman–Crippen LogP) is 2.08. The third-order valence-electron chi connectivity index (χ3n) is 2.53. The van der Waals surface area contributed by atoms with E-state index in [-0.39, 0.29) is 24.4 Å². The first-order valence-electron chi connectivity index (χ1n) is 4.47. The van der Waals surface area contributed by atoms with E-state index < -0.39 is 0 Å². The average molecular weight is 185 g/mol. The van der Waals surface area contributed by atoms with Crippen LogP contribution in [0.3, 0.4) is 0 Å². The van der Waals surface area contributed by atoms with Crippen LogP contribution < -0.4 is 0 Å². The monoisotopic (exact) mass is 185 g/mol. The van der Waals surface area contributed by atoms with Crippen molar-refractivity contribution in [3.8, 4) is 0 Å². The first-order chi connectivity index (χ1) is 6.24. The van der Waals surface area contributed by atoms with Gasteiger partial charge in [-0.25, -0.2) is 0 Å². The Morgan fingerprint density at radius 2 is 2.31 bits per heavy atom. The van der Waals surface area contributed by atoms with Gasteiger partial charge in [-0.2, -0.15) is 0 Å².